The van der Waals surface area contributed by atoms with E-state index in [0.717, 1.165) is 0 Å². The molecule has 6 heteroatoms. The largest absolute Gasteiger partial charge is 0.375 e. The molecular weight excluding hydrogens is 303 g/mol. The number of anilines is 1. The molecule has 1 heterocycles. The topological polar surface area (TPSA) is 38.9 Å². The van der Waals surface area contributed by atoms with E-state index in [1.54, 1.807) is 11.4 Å². The van der Waals surface area contributed by atoms with Crippen molar-refractivity contribution in [3.63, 3.8) is 0 Å². The second kappa shape index (κ2) is 4.92. The zero-order chi connectivity index (χ0) is 10.1. The average molecular weight is 310 g/mol. The zero-order valence-corrected chi connectivity index (χ0v) is 10.7. The lowest BCUT2D eigenvalue weighted by Crippen LogP contribution is -1.84. The van der Waals surface area contributed by atoms with Gasteiger partial charge in [0, 0.05) is 10.9 Å². The summed E-state index contributed by atoms with van der Waals surface area (Å²) >= 11 is 7.18. The monoisotopic (exact) mass is 308 g/mol. The van der Waals surface area contributed by atoms with E-state index in [0.29, 0.717) is 21.4 Å². The van der Waals surface area contributed by atoms with Gasteiger partial charge < -0.3 is 5.73 Å². The summed E-state index contributed by atoms with van der Waals surface area (Å²) in [5.41, 5.74) is 6.86. The lowest BCUT2D eigenvalue weighted by atomic mass is 10.2. The van der Waals surface area contributed by atoms with Crippen LogP contribution in [-0.2, 0) is 0 Å². The first-order chi connectivity index (χ1) is 6.66. The van der Waals surface area contributed by atoms with E-state index >= 15 is 0 Å². The van der Waals surface area contributed by atoms with Crippen molar-refractivity contribution in [2.75, 3.05) is 5.73 Å². The van der Waals surface area contributed by atoms with Gasteiger partial charge in [0.05, 0.1) is 10.7 Å². The molecule has 2 rings (SSSR count). The Labute approximate surface area is 106 Å². The Morgan fingerprint density at radius 1 is 1.40 bits per heavy atom. The molecule has 0 atom stereocenters. The third kappa shape index (κ3) is 2.68. The van der Waals surface area contributed by atoms with Crippen molar-refractivity contribution in [2.45, 2.75) is 0 Å². The van der Waals surface area contributed by atoms with Gasteiger partial charge in [-0.25, -0.2) is 9.37 Å². The van der Waals surface area contributed by atoms with E-state index in [4.69, 9.17) is 17.3 Å². The molecule has 0 amide bonds. The van der Waals surface area contributed by atoms with Crippen molar-refractivity contribution < 1.29 is 4.39 Å². The fourth-order valence-electron chi connectivity index (χ4n) is 1.11. The minimum Gasteiger partial charge on any atom is -0.375 e. The highest BCUT2D eigenvalue weighted by molar-refractivity contribution is 8.93. The van der Waals surface area contributed by atoms with Crippen LogP contribution in [0.5, 0.6) is 0 Å². The average Bonchev–Trinajstić information content (AvgIpc) is 2.51. The van der Waals surface area contributed by atoms with Crippen molar-refractivity contribution in [2.24, 2.45) is 0 Å². The molecular formula is C9H7BrClFN2S. The van der Waals surface area contributed by atoms with Gasteiger partial charge in [0.15, 0.2) is 5.13 Å². The van der Waals surface area contributed by atoms with E-state index in [1.165, 1.54) is 23.5 Å². The summed E-state index contributed by atoms with van der Waals surface area (Å²) in [5, 5.41) is 2.60. The fourth-order valence-corrected chi connectivity index (χ4v) is 1.94. The minimum atomic E-state index is -0.359. The molecule has 0 aliphatic heterocycles. The molecule has 0 fully saturated rings. The Morgan fingerprint density at radius 2 is 2.13 bits per heavy atom. The summed E-state index contributed by atoms with van der Waals surface area (Å²) in [6.45, 7) is 0. The number of thiazole rings is 1. The van der Waals surface area contributed by atoms with E-state index in [1.807, 2.05) is 0 Å². The van der Waals surface area contributed by atoms with E-state index in [2.05, 4.69) is 4.98 Å². The van der Waals surface area contributed by atoms with Crippen LogP contribution in [0, 0.1) is 5.82 Å². The number of halogens is 3. The third-order valence-electron chi connectivity index (χ3n) is 1.73. The maximum Gasteiger partial charge on any atom is 0.180 e. The molecule has 1 aromatic heterocycles. The van der Waals surface area contributed by atoms with Gasteiger partial charge in [-0.3, -0.25) is 0 Å². The van der Waals surface area contributed by atoms with Gasteiger partial charge in [0.25, 0.3) is 0 Å². The predicted octanol–water partition coefficient (Wildman–Crippen LogP) is 3.76. The molecule has 80 valence electrons. The van der Waals surface area contributed by atoms with E-state index < -0.39 is 0 Å². The first-order valence-corrected chi connectivity index (χ1v) is 5.09. The SMILES string of the molecule is Br.Nc1nc(-c2ccc(F)cc2Cl)cs1. The highest BCUT2D eigenvalue weighted by atomic mass is 79.9. The molecule has 2 aromatic rings. The molecule has 0 saturated heterocycles. The van der Waals surface area contributed by atoms with Crippen molar-refractivity contribution in [3.8, 4) is 11.3 Å². The van der Waals surface area contributed by atoms with Crippen molar-refractivity contribution in [3.05, 3.63) is 34.4 Å². The lowest BCUT2D eigenvalue weighted by molar-refractivity contribution is 0.628. The Kier molecular flexibility index (Phi) is 4.07. The Hall–Kier alpha value is -0.650. The van der Waals surface area contributed by atoms with Crippen LogP contribution in [0.2, 0.25) is 5.02 Å². The standard InChI is InChI=1S/C9H6ClFN2S.BrH/c10-7-3-5(11)1-2-6(7)8-4-14-9(12)13-8;/h1-4H,(H2,12,13);1H. The molecule has 0 bridgehead atoms. The molecule has 0 aliphatic rings. The van der Waals surface area contributed by atoms with Gasteiger partial charge in [0.2, 0.25) is 0 Å². The molecule has 0 radical (unpaired) electrons. The molecule has 0 saturated carbocycles. The molecule has 2 N–H and O–H groups in total. The molecule has 0 spiro atoms. The van der Waals surface area contributed by atoms with Crippen molar-refractivity contribution in [1.29, 1.82) is 0 Å². The van der Waals surface area contributed by atoms with Crippen LogP contribution in [0.3, 0.4) is 0 Å². The number of rotatable bonds is 1. The Morgan fingerprint density at radius 3 is 2.67 bits per heavy atom. The molecule has 0 unspecified atom stereocenters. The predicted molar refractivity (Wildman–Crippen MR) is 67.3 cm³/mol. The molecule has 2 nitrogen and oxygen atoms in total. The Bertz CT molecular complexity index is 475. The first-order valence-electron chi connectivity index (χ1n) is 3.83. The summed E-state index contributed by atoms with van der Waals surface area (Å²) in [6, 6.07) is 4.19. The van der Waals surface area contributed by atoms with Crippen LogP contribution in [0.1, 0.15) is 0 Å². The van der Waals surface area contributed by atoms with Crippen LogP contribution in [0.15, 0.2) is 23.6 Å². The van der Waals surface area contributed by atoms with Crippen LogP contribution in [0.4, 0.5) is 9.52 Å². The highest BCUT2D eigenvalue weighted by Gasteiger charge is 2.07. The fraction of sp³-hybridized carbons (Fsp3) is 0. The summed E-state index contributed by atoms with van der Waals surface area (Å²) in [6.07, 6.45) is 0. The van der Waals surface area contributed by atoms with E-state index in [-0.39, 0.29) is 22.8 Å². The Balaban J connectivity index is 0.00000112. The quantitative estimate of drug-likeness (QED) is 0.871. The lowest BCUT2D eigenvalue weighted by Gasteiger charge is -1.99. The van der Waals surface area contributed by atoms with Gasteiger partial charge in [0.1, 0.15) is 5.82 Å². The molecule has 15 heavy (non-hydrogen) atoms. The number of nitrogens with two attached hydrogens (primary N) is 1. The summed E-state index contributed by atoms with van der Waals surface area (Å²) in [5.74, 6) is -0.359. The summed E-state index contributed by atoms with van der Waals surface area (Å²) in [7, 11) is 0. The maximum absolute atomic E-state index is 12.7. The second-order valence-electron chi connectivity index (χ2n) is 2.70. The van der Waals surface area contributed by atoms with Crippen molar-refractivity contribution >= 4 is 45.1 Å². The van der Waals surface area contributed by atoms with Crippen LogP contribution in [0.25, 0.3) is 11.3 Å². The number of nitrogens with zero attached hydrogens (tertiary/aromatic N) is 1. The summed E-state index contributed by atoms with van der Waals surface area (Å²) in [4.78, 5) is 4.06. The number of hydrogen-bond donors (Lipinski definition) is 1. The van der Waals surface area contributed by atoms with Gasteiger partial charge in [-0.1, -0.05) is 11.6 Å². The zero-order valence-electron chi connectivity index (χ0n) is 7.41. The van der Waals surface area contributed by atoms with Gasteiger partial charge in [-0.05, 0) is 18.2 Å². The second-order valence-corrected chi connectivity index (χ2v) is 3.99. The molecule has 0 aliphatic carbocycles. The van der Waals surface area contributed by atoms with Crippen LogP contribution in [-0.4, -0.2) is 4.98 Å². The highest BCUT2D eigenvalue weighted by Crippen LogP contribution is 2.29. The summed E-state index contributed by atoms with van der Waals surface area (Å²) < 4.78 is 12.7. The van der Waals surface area contributed by atoms with E-state index in [9.17, 15) is 4.39 Å². The van der Waals surface area contributed by atoms with Gasteiger partial charge >= 0.3 is 0 Å². The van der Waals surface area contributed by atoms with Gasteiger partial charge in [-0.2, -0.15) is 0 Å². The third-order valence-corrected chi connectivity index (χ3v) is 2.72. The van der Waals surface area contributed by atoms with Gasteiger partial charge in [-0.15, -0.1) is 28.3 Å². The first kappa shape index (κ1) is 12.4. The number of nitrogen functional groups attached to an aromatic ring is 1. The molecule has 1 aromatic carbocycles. The van der Waals surface area contributed by atoms with Crippen molar-refractivity contribution in [1.82, 2.24) is 4.98 Å². The minimum absolute atomic E-state index is 0. The number of benzene rings is 1. The number of hydrogen-bond acceptors (Lipinski definition) is 3. The maximum atomic E-state index is 12.7. The normalized spacial score (nSPS) is 9.73. The number of aromatic nitrogens is 1. The smallest absolute Gasteiger partial charge is 0.180 e. The van der Waals surface area contributed by atoms with Crippen LogP contribution >= 0.6 is 39.9 Å². The van der Waals surface area contributed by atoms with Crippen LogP contribution < -0.4 is 5.73 Å².